The number of hydrogen-bond donors (Lipinski definition) is 1. The number of aryl methyl sites for hydroxylation is 1. The maximum absolute atomic E-state index is 13.2. The first-order valence-electron chi connectivity index (χ1n) is 6.43. The summed E-state index contributed by atoms with van der Waals surface area (Å²) in [6.07, 6.45) is -0.0569. The van der Waals surface area contributed by atoms with Gasteiger partial charge in [0.15, 0.2) is 0 Å². The van der Waals surface area contributed by atoms with E-state index in [0.717, 1.165) is 11.3 Å². The van der Waals surface area contributed by atoms with Gasteiger partial charge in [0.2, 0.25) is 0 Å². The second kappa shape index (κ2) is 4.57. The molecule has 2 nitrogen and oxygen atoms in total. The summed E-state index contributed by atoms with van der Waals surface area (Å²) in [5, 5.41) is 3.30. The van der Waals surface area contributed by atoms with E-state index < -0.39 is 0 Å². The highest BCUT2D eigenvalue weighted by molar-refractivity contribution is 5.59. The first-order valence-corrected chi connectivity index (χ1v) is 6.43. The summed E-state index contributed by atoms with van der Waals surface area (Å²) in [5.41, 5.74) is 3.07. The van der Waals surface area contributed by atoms with Crippen LogP contribution < -0.4 is 10.1 Å². The molecule has 1 aliphatic rings. The molecule has 98 valence electrons. The van der Waals surface area contributed by atoms with E-state index in [0.29, 0.717) is 5.75 Å². The minimum Gasteiger partial charge on any atom is -0.481 e. The number of anilines is 1. The van der Waals surface area contributed by atoms with Gasteiger partial charge in [-0.1, -0.05) is 29.8 Å². The molecule has 0 radical (unpaired) electrons. The molecule has 0 amide bonds. The molecule has 2 aromatic rings. The number of nitrogens with one attached hydrogen (secondary N) is 1. The molecule has 19 heavy (non-hydrogen) atoms. The highest BCUT2D eigenvalue weighted by Gasteiger charge is 2.27. The Balaban J connectivity index is 1.93. The molecular weight excluding hydrogens is 241 g/mol. The van der Waals surface area contributed by atoms with Crippen molar-refractivity contribution in [2.45, 2.75) is 26.0 Å². The highest BCUT2D eigenvalue weighted by atomic mass is 19.1. The van der Waals surface area contributed by atoms with Crippen LogP contribution in [-0.2, 0) is 0 Å². The number of hydrogen-bond acceptors (Lipinski definition) is 2. The molecule has 0 bridgehead atoms. The van der Waals surface area contributed by atoms with Crippen LogP contribution in [-0.4, -0.2) is 6.04 Å². The van der Waals surface area contributed by atoms with Gasteiger partial charge in [-0.2, -0.15) is 0 Å². The van der Waals surface area contributed by atoms with Gasteiger partial charge in [0.25, 0.3) is 0 Å². The average Bonchev–Trinajstić information content (AvgIpc) is 2.39. The van der Waals surface area contributed by atoms with Gasteiger partial charge < -0.3 is 10.1 Å². The molecule has 0 fully saturated rings. The van der Waals surface area contributed by atoms with Crippen LogP contribution in [0.3, 0.4) is 0 Å². The Labute approximate surface area is 112 Å². The van der Waals surface area contributed by atoms with Crippen LogP contribution >= 0.6 is 0 Å². The third-order valence-corrected chi connectivity index (χ3v) is 3.44. The van der Waals surface area contributed by atoms with Crippen LogP contribution in [0.15, 0.2) is 42.5 Å². The van der Waals surface area contributed by atoms with Crippen LogP contribution in [0, 0.1) is 12.7 Å². The minimum absolute atomic E-state index is 0.0569. The summed E-state index contributed by atoms with van der Waals surface area (Å²) >= 11 is 0. The van der Waals surface area contributed by atoms with E-state index in [1.807, 2.05) is 6.92 Å². The monoisotopic (exact) mass is 257 g/mol. The SMILES string of the molecule is Cc1ccc(C2Oc3ccc(F)cc3NC2C)cc1. The van der Waals surface area contributed by atoms with Gasteiger partial charge in [-0.3, -0.25) is 0 Å². The first kappa shape index (κ1) is 12.0. The van der Waals surface area contributed by atoms with E-state index >= 15 is 0 Å². The second-order valence-corrected chi connectivity index (χ2v) is 5.02. The number of rotatable bonds is 1. The van der Waals surface area contributed by atoms with Crippen molar-refractivity contribution in [1.29, 1.82) is 0 Å². The first-order chi connectivity index (χ1) is 9.13. The van der Waals surface area contributed by atoms with E-state index in [4.69, 9.17) is 4.74 Å². The van der Waals surface area contributed by atoms with E-state index in [2.05, 4.69) is 36.5 Å². The Bertz CT molecular complexity index is 594. The zero-order valence-corrected chi connectivity index (χ0v) is 11.0. The van der Waals surface area contributed by atoms with Crippen molar-refractivity contribution >= 4 is 5.69 Å². The van der Waals surface area contributed by atoms with Crippen molar-refractivity contribution in [2.24, 2.45) is 0 Å². The number of ether oxygens (including phenoxy) is 1. The lowest BCUT2D eigenvalue weighted by Gasteiger charge is -2.33. The summed E-state index contributed by atoms with van der Waals surface area (Å²) in [6.45, 7) is 4.10. The van der Waals surface area contributed by atoms with Crippen LogP contribution in [0.5, 0.6) is 5.75 Å². The second-order valence-electron chi connectivity index (χ2n) is 5.02. The van der Waals surface area contributed by atoms with Gasteiger partial charge in [0.05, 0.1) is 11.7 Å². The molecule has 2 aromatic carbocycles. The standard InChI is InChI=1S/C16H16FNO/c1-10-3-5-12(6-4-10)16-11(2)18-14-9-13(17)7-8-15(14)19-16/h3-9,11,16,18H,1-2H3. The Morgan fingerprint density at radius 3 is 2.58 bits per heavy atom. The molecule has 0 aromatic heterocycles. The Hall–Kier alpha value is -2.03. The fraction of sp³-hybridized carbons (Fsp3) is 0.250. The van der Waals surface area contributed by atoms with Crippen molar-refractivity contribution in [1.82, 2.24) is 0 Å². The third-order valence-electron chi connectivity index (χ3n) is 3.44. The molecule has 2 unspecified atom stereocenters. The summed E-state index contributed by atoms with van der Waals surface area (Å²) in [6, 6.07) is 13.0. The van der Waals surface area contributed by atoms with Gasteiger partial charge in [0.1, 0.15) is 17.7 Å². The van der Waals surface area contributed by atoms with Gasteiger partial charge in [0, 0.05) is 6.07 Å². The topological polar surface area (TPSA) is 21.3 Å². The Kier molecular flexibility index (Phi) is 2.90. The quantitative estimate of drug-likeness (QED) is 0.831. The van der Waals surface area contributed by atoms with E-state index in [1.54, 1.807) is 6.07 Å². The maximum atomic E-state index is 13.2. The van der Waals surface area contributed by atoms with Crippen molar-refractivity contribution in [2.75, 3.05) is 5.32 Å². The molecule has 0 spiro atoms. The Morgan fingerprint density at radius 2 is 1.84 bits per heavy atom. The van der Waals surface area contributed by atoms with Crippen molar-refractivity contribution in [3.05, 3.63) is 59.4 Å². The van der Waals surface area contributed by atoms with Crippen molar-refractivity contribution in [3.63, 3.8) is 0 Å². The number of halogens is 1. The zero-order valence-electron chi connectivity index (χ0n) is 11.0. The maximum Gasteiger partial charge on any atom is 0.144 e. The van der Waals surface area contributed by atoms with Crippen molar-refractivity contribution < 1.29 is 9.13 Å². The van der Waals surface area contributed by atoms with E-state index in [-0.39, 0.29) is 18.0 Å². The third kappa shape index (κ3) is 2.28. The minimum atomic E-state index is -0.254. The molecule has 3 rings (SSSR count). The van der Waals surface area contributed by atoms with Gasteiger partial charge >= 0.3 is 0 Å². The molecule has 2 atom stereocenters. The molecule has 1 aliphatic heterocycles. The van der Waals surface area contributed by atoms with E-state index in [9.17, 15) is 4.39 Å². The van der Waals surface area contributed by atoms with Gasteiger partial charge in [-0.05, 0) is 31.5 Å². The van der Waals surface area contributed by atoms with Crippen LogP contribution in [0.1, 0.15) is 24.2 Å². The molecule has 3 heteroatoms. The smallest absolute Gasteiger partial charge is 0.144 e. The van der Waals surface area contributed by atoms with Crippen LogP contribution in [0.2, 0.25) is 0 Å². The zero-order chi connectivity index (χ0) is 13.4. The Morgan fingerprint density at radius 1 is 1.11 bits per heavy atom. The predicted molar refractivity (Wildman–Crippen MR) is 74.0 cm³/mol. The normalized spacial score (nSPS) is 21.2. The molecule has 1 heterocycles. The van der Waals surface area contributed by atoms with Crippen molar-refractivity contribution in [3.8, 4) is 5.75 Å². The highest BCUT2D eigenvalue weighted by Crippen LogP contribution is 2.37. The van der Waals surface area contributed by atoms with Crippen LogP contribution in [0.4, 0.5) is 10.1 Å². The molecule has 1 N–H and O–H groups in total. The molecule has 0 aliphatic carbocycles. The number of benzene rings is 2. The summed E-state index contributed by atoms with van der Waals surface area (Å²) in [5.74, 6) is 0.445. The fourth-order valence-corrected chi connectivity index (χ4v) is 2.39. The summed E-state index contributed by atoms with van der Waals surface area (Å²) < 4.78 is 19.2. The van der Waals surface area contributed by atoms with Gasteiger partial charge in [-0.15, -0.1) is 0 Å². The molecule has 0 saturated carbocycles. The van der Waals surface area contributed by atoms with Gasteiger partial charge in [-0.25, -0.2) is 4.39 Å². The number of fused-ring (bicyclic) bond motifs is 1. The van der Waals surface area contributed by atoms with E-state index in [1.165, 1.54) is 17.7 Å². The fourth-order valence-electron chi connectivity index (χ4n) is 2.39. The largest absolute Gasteiger partial charge is 0.481 e. The molecular formula is C16H16FNO. The lowest BCUT2D eigenvalue weighted by atomic mass is 10.00. The lowest BCUT2D eigenvalue weighted by molar-refractivity contribution is 0.177. The van der Waals surface area contributed by atoms with Crippen LogP contribution in [0.25, 0.3) is 0 Å². The molecule has 0 saturated heterocycles. The summed E-state index contributed by atoms with van der Waals surface area (Å²) in [4.78, 5) is 0. The lowest BCUT2D eigenvalue weighted by Crippen LogP contribution is -2.32. The summed E-state index contributed by atoms with van der Waals surface area (Å²) in [7, 11) is 0. The average molecular weight is 257 g/mol. The predicted octanol–water partition coefficient (Wildman–Crippen LogP) is 4.07.